The van der Waals surface area contributed by atoms with Crippen molar-refractivity contribution in [3.05, 3.63) is 51.3 Å². The summed E-state index contributed by atoms with van der Waals surface area (Å²) in [4.78, 5) is 12.3. The van der Waals surface area contributed by atoms with E-state index in [4.69, 9.17) is 0 Å². The molecule has 0 saturated heterocycles. The second kappa shape index (κ2) is 5.44. The van der Waals surface area contributed by atoms with E-state index in [2.05, 4.69) is 21.0 Å². The summed E-state index contributed by atoms with van der Waals surface area (Å²) in [6.07, 6.45) is 0. The Morgan fingerprint density at radius 2 is 1.95 bits per heavy atom. The van der Waals surface area contributed by atoms with E-state index in [0.29, 0.717) is 0 Å². The maximum atomic E-state index is 13.2. The van der Waals surface area contributed by atoms with Crippen LogP contribution in [0, 0.1) is 25.5 Å². The predicted molar refractivity (Wildman–Crippen MR) is 74.8 cm³/mol. The Morgan fingerprint density at radius 1 is 1.30 bits per heavy atom. The van der Waals surface area contributed by atoms with E-state index < -0.39 is 17.7 Å². The monoisotopic (exact) mass is 342 g/mol. The molecule has 0 aliphatic carbocycles. The number of aryl methyl sites for hydroxylation is 1. The van der Waals surface area contributed by atoms with Crippen LogP contribution in [0.2, 0.25) is 0 Å². The minimum absolute atomic E-state index is 0.125. The van der Waals surface area contributed by atoms with Crippen LogP contribution < -0.4 is 0 Å². The fourth-order valence-electron chi connectivity index (χ4n) is 2.02. The van der Waals surface area contributed by atoms with Crippen LogP contribution in [0.4, 0.5) is 8.78 Å². The lowest BCUT2D eigenvalue weighted by Gasteiger charge is -2.13. The van der Waals surface area contributed by atoms with Crippen molar-refractivity contribution in [2.75, 3.05) is 0 Å². The number of carbonyl (C=O) groups is 1. The smallest absolute Gasteiger partial charge is 0.187 e. The minimum Gasteiger partial charge on any atom is -0.292 e. The zero-order chi connectivity index (χ0) is 15.0. The molecule has 1 heterocycles. The Balaban J connectivity index is 2.37. The fourth-order valence-corrected chi connectivity index (χ4v) is 2.28. The highest BCUT2D eigenvalue weighted by atomic mass is 79.9. The third-order valence-corrected chi connectivity index (χ3v) is 4.33. The van der Waals surface area contributed by atoms with Crippen molar-refractivity contribution >= 4 is 21.7 Å². The second-order valence-corrected chi connectivity index (χ2v) is 5.39. The summed E-state index contributed by atoms with van der Waals surface area (Å²) in [6, 6.07) is 2.55. The van der Waals surface area contributed by atoms with Crippen molar-refractivity contribution < 1.29 is 13.6 Å². The van der Waals surface area contributed by atoms with Gasteiger partial charge in [0.1, 0.15) is 6.04 Å². The number of hydrogen-bond donors (Lipinski definition) is 0. The zero-order valence-electron chi connectivity index (χ0n) is 11.2. The van der Waals surface area contributed by atoms with Gasteiger partial charge in [0, 0.05) is 5.56 Å². The van der Waals surface area contributed by atoms with Crippen LogP contribution in [0.15, 0.2) is 22.7 Å². The average Bonchev–Trinajstić information content (AvgIpc) is 2.68. The summed E-state index contributed by atoms with van der Waals surface area (Å²) in [6.45, 7) is 5.33. The molecule has 0 saturated carbocycles. The standard InChI is InChI=1S/C14H13BrF2N2O/c1-7-13(15)8(2)19(18-7)9(3)14(20)10-4-5-11(16)12(17)6-10/h4-6,9H,1-3H3. The molecule has 0 fully saturated rings. The van der Waals surface area contributed by atoms with E-state index in [0.717, 1.165) is 28.0 Å². The van der Waals surface area contributed by atoms with E-state index in [-0.39, 0.29) is 11.3 Å². The van der Waals surface area contributed by atoms with Crippen LogP contribution in [0.1, 0.15) is 34.7 Å². The third-order valence-electron chi connectivity index (χ3n) is 3.19. The maximum Gasteiger partial charge on any atom is 0.187 e. The second-order valence-electron chi connectivity index (χ2n) is 4.60. The number of carbonyl (C=O) groups excluding carboxylic acids is 1. The van der Waals surface area contributed by atoms with Gasteiger partial charge in [-0.25, -0.2) is 8.78 Å². The van der Waals surface area contributed by atoms with Gasteiger partial charge >= 0.3 is 0 Å². The quantitative estimate of drug-likeness (QED) is 0.790. The number of rotatable bonds is 3. The summed E-state index contributed by atoms with van der Waals surface area (Å²) in [5.41, 5.74) is 1.71. The highest BCUT2D eigenvalue weighted by Gasteiger charge is 2.22. The molecule has 6 heteroatoms. The van der Waals surface area contributed by atoms with Crippen molar-refractivity contribution in [2.24, 2.45) is 0 Å². The lowest BCUT2D eigenvalue weighted by atomic mass is 10.1. The van der Waals surface area contributed by atoms with E-state index in [1.54, 1.807) is 11.6 Å². The van der Waals surface area contributed by atoms with Gasteiger partial charge in [0.2, 0.25) is 0 Å². The van der Waals surface area contributed by atoms with Crippen LogP contribution in [-0.2, 0) is 0 Å². The van der Waals surface area contributed by atoms with Gasteiger partial charge < -0.3 is 0 Å². The molecular weight excluding hydrogens is 330 g/mol. The lowest BCUT2D eigenvalue weighted by molar-refractivity contribution is 0.0926. The van der Waals surface area contributed by atoms with Crippen LogP contribution >= 0.6 is 15.9 Å². The van der Waals surface area contributed by atoms with Crippen molar-refractivity contribution in [2.45, 2.75) is 26.8 Å². The zero-order valence-corrected chi connectivity index (χ0v) is 12.8. The average molecular weight is 343 g/mol. The Hall–Kier alpha value is -1.56. The molecule has 1 aromatic carbocycles. The molecule has 2 aromatic rings. The molecule has 0 radical (unpaired) electrons. The first-order valence-electron chi connectivity index (χ1n) is 6.03. The number of halogens is 3. The molecule has 0 bridgehead atoms. The Bertz CT molecular complexity index is 682. The summed E-state index contributed by atoms with van der Waals surface area (Å²) in [5.74, 6) is -2.32. The number of nitrogens with zero attached hydrogens (tertiary/aromatic N) is 2. The molecule has 0 spiro atoms. The molecule has 106 valence electrons. The highest BCUT2D eigenvalue weighted by Crippen LogP contribution is 2.24. The van der Waals surface area contributed by atoms with Gasteiger partial charge in [-0.05, 0) is 54.9 Å². The third kappa shape index (κ3) is 2.52. The first-order chi connectivity index (χ1) is 9.32. The minimum atomic E-state index is -1.03. The van der Waals surface area contributed by atoms with Gasteiger partial charge in [-0.15, -0.1) is 0 Å². The van der Waals surface area contributed by atoms with Crippen molar-refractivity contribution in [3.8, 4) is 0 Å². The number of aromatic nitrogens is 2. The number of benzene rings is 1. The van der Waals surface area contributed by atoms with Gasteiger partial charge in [-0.2, -0.15) is 5.10 Å². The maximum absolute atomic E-state index is 13.2. The van der Waals surface area contributed by atoms with E-state index >= 15 is 0 Å². The first kappa shape index (κ1) is 14.8. The molecule has 1 unspecified atom stereocenters. The SMILES string of the molecule is Cc1nn(C(C)C(=O)c2ccc(F)c(F)c2)c(C)c1Br. The van der Waals surface area contributed by atoms with Crippen LogP contribution in [0.25, 0.3) is 0 Å². The van der Waals surface area contributed by atoms with Gasteiger partial charge in [-0.3, -0.25) is 9.48 Å². The normalized spacial score (nSPS) is 12.5. The molecule has 0 aliphatic rings. The molecule has 3 nitrogen and oxygen atoms in total. The number of Topliss-reactive ketones (excluding diaryl/α,β-unsaturated/α-hetero) is 1. The Kier molecular flexibility index (Phi) is 4.04. The Morgan fingerprint density at radius 3 is 2.45 bits per heavy atom. The molecule has 2 rings (SSSR count). The number of ketones is 1. The first-order valence-corrected chi connectivity index (χ1v) is 6.82. The molecule has 1 atom stereocenters. The van der Waals surface area contributed by atoms with Crippen LogP contribution in [0.5, 0.6) is 0 Å². The van der Waals surface area contributed by atoms with Crippen LogP contribution in [0.3, 0.4) is 0 Å². The number of hydrogen-bond acceptors (Lipinski definition) is 2. The molecule has 0 aliphatic heterocycles. The van der Waals surface area contributed by atoms with Gasteiger partial charge in [0.15, 0.2) is 17.4 Å². The largest absolute Gasteiger partial charge is 0.292 e. The predicted octanol–water partition coefficient (Wildman–Crippen LogP) is 3.98. The molecule has 1 aromatic heterocycles. The van der Waals surface area contributed by atoms with E-state index in [9.17, 15) is 13.6 Å². The van der Waals surface area contributed by atoms with Crippen molar-refractivity contribution in [1.29, 1.82) is 0 Å². The van der Waals surface area contributed by atoms with E-state index in [1.165, 1.54) is 6.07 Å². The van der Waals surface area contributed by atoms with Gasteiger partial charge in [0.05, 0.1) is 15.9 Å². The summed E-state index contributed by atoms with van der Waals surface area (Å²) in [7, 11) is 0. The topological polar surface area (TPSA) is 34.9 Å². The molecule has 20 heavy (non-hydrogen) atoms. The van der Waals surface area contributed by atoms with E-state index in [1.807, 2.05) is 13.8 Å². The summed E-state index contributed by atoms with van der Waals surface area (Å²) in [5, 5.41) is 4.28. The molecular formula is C14H13BrF2N2O. The van der Waals surface area contributed by atoms with Crippen molar-refractivity contribution in [1.82, 2.24) is 9.78 Å². The summed E-state index contributed by atoms with van der Waals surface area (Å²) < 4.78 is 28.5. The Labute approximate surface area is 123 Å². The van der Waals surface area contributed by atoms with Crippen molar-refractivity contribution in [3.63, 3.8) is 0 Å². The highest BCUT2D eigenvalue weighted by molar-refractivity contribution is 9.10. The fraction of sp³-hybridized carbons (Fsp3) is 0.286. The van der Waals surface area contributed by atoms with Gasteiger partial charge in [-0.1, -0.05) is 0 Å². The summed E-state index contributed by atoms with van der Waals surface area (Å²) >= 11 is 3.39. The van der Waals surface area contributed by atoms with Crippen LogP contribution in [-0.4, -0.2) is 15.6 Å². The van der Waals surface area contributed by atoms with Gasteiger partial charge in [0.25, 0.3) is 0 Å². The molecule has 0 amide bonds. The molecule has 0 N–H and O–H groups in total. The lowest BCUT2D eigenvalue weighted by Crippen LogP contribution is -2.19.